The lowest BCUT2D eigenvalue weighted by Crippen LogP contribution is -2.14. The first-order chi connectivity index (χ1) is 8.72. The number of fused-ring (bicyclic) bond motifs is 1. The molecule has 0 bridgehead atoms. The van der Waals surface area contributed by atoms with E-state index in [0.717, 1.165) is 19.3 Å². The predicted molar refractivity (Wildman–Crippen MR) is 66.8 cm³/mol. The van der Waals surface area contributed by atoms with Crippen molar-refractivity contribution in [3.63, 3.8) is 0 Å². The molecule has 2 atom stereocenters. The molecule has 92 valence electrons. The molecule has 2 aromatic heterocycles. The van der Waals surface area contributed by atoms with Crippen LogP contribution in [0.5, 0.6) is 0 Å². The minimum Gasteiger partial charge on any atom is -0.382 e. The third-order valence-corrected chi connectivity index (χ3v) is 3.62. The highest BCUT2D eigenvalue weighted by Gasteiger charge is 2.31. The predicted octanol–water partition coefficient (Wildman–Crippen LogP) is 1.17. The second-order valence-corrected chi connectivity index (χ2v) is 4.63. The van der Waals surface area contributed by atoms with Gasteiger partial charge in [-0.3, -0.25) is 9.48 Å². The topological polar surface area (TPSA) is 100 Å². The molecule has 1 aliphatic carbocycles. The highest BCUT2D eigenvalue weighted by Crippen LogP contribution is 2.37. The lowest BCUT2D eigenvalue weighted by Gasteiger charge is -2.14. The van der Waals surface area contributed by atoms with E-state index >= 15 is 0 Å². The Morgan fingerprint density at radius 2 is 2.39 bits per heavy atom. The van der Waals surface area contributed by atoms with E-state index in [9.17, 15) is 4.79 Å². The molecule has 1 fully saturated rings. The number of nitrogens with zero attached hydrogens (tertiary/aromatic N) is 3. The zero-order valence-corrected chi connectivity index (χ0v) is 9.76. The SMILES string of the molecule is N#C[C@H]1CCC[C@@H]1n1nc(N)c2c(=O)[nH]ccc21. The first kappa shape index (κ1) is 10.8. The summed E-state index contributed by atoms with van der Waals surface area (Å²) in [6.45, 7) is 0. The summed E-state index contributed by atoms with van der Waals surface area (Å²) >= 11 is 0. The standard InChI is InChI=1S/C12H13N5O/c13-6-7-2-1-3-8(7)17-9-4-5-15-12(18)10(9)11(14)16-17/h4-5,7-8H,1-3H2,(H2,14,16)(H,15,18)/t7-,8+/m1/s1. The third-order valence-electron chi connectivity index (χ3n) is 3.62. The molecule has 6 nitrogen and oxygen atoms in total. The van der Waals surface area contributed by atoms with E-state index in [4.69, 9.17) is 11.0 Å². The fourth-order valence-corrected chi connectivity index (χ4v) is 2.76. The van der Waals surface area contributed by atoms with Crippen LogP contribution in [-0.2, 0) is 0 Å². The average Bonchev–Trinajstić information content (AvgIpc) is 2.94. The molecule has 2 heterocycles. The van der Waals surface area contributed by atoms with Crippen LogP contribution >= 0.6 is 0 Å². The van der Waals surface area contributed by atoms with Crippen molar-refractivity contribution >= 4 is 16.7 Å². The quantitative estimate of drug-likeness (QED) is 0.785. The van der Waals surface area contributed by atoms with Gasteiger partial charge in [-0.05, 0) is 25.3 Å². The Bertz CT molecular complexity index is 693. The zero-order chi connectivity index (χ0) is 12.7. The smallest absolute Gasteiger partial charge is 0.261 e. The normalized spacial score (nSPS) is 23.3. The molecule has 0 spiro atoms. The molecular formula is C12H13N5O. The summed E-state index contributed by atoms with van der Waals surface area (Å²) in [6, 6.07) is 4.12. The zero-order valence-electron chi connectivity index (χ0n) is 9.76. The van der Waals surface area contributed by atoms with E-state index < -0.39 is 0 Å². The minimum absolute atomic E-state index is 0.0246. The van der Waals surface area contributed by atoms with Gasteiger partial charge >= 0.3 is 0 Å². The summed E-state index contributed by atoms with van der Waals surface area (Å²) in [5.41, 5.74) is 6.28. The van der Waals surface area contributed by atoms with Crippen molar-refractivity contribution in [3.05, 3.63) is 22.6 Å². The Hall–Kier alpha value is -2.29. The van der Waals surface area contributed by atoms with Gasteiger partial charge in [0.25, 0.3) is 5.56 Å². The highest BCUT2D eigenvalue weighted by molar-refractivity contribution is 5.88. The van der Waals surface area contributed by atoms with Gasteiger partial charge < -0.3 is 10.7 Å². The summed E-state index contributed by atoms with van der Waals surface area (Å²) in [7, 11) is 0. The Kier molecular flexibility index (Phi) is 2.33. The fraction of sp³-hybridized carbons (Fsp3) is 0.417. The van der Waals surface area contributed by atoms with E-state index in [1.165, 1.54) is 0 Å². The lowest BCUT2D eigenvalue weighted by molar-refractivity contribution is 0.423. The van der Waals surface area contributed by atoms with Gasteiger partial charge in [0.1, 0.15) is 5.39 Å². The van der Waals surface area contributed by atoms with Crippen molar-refractivity contribution in [3.8, 4) is 6.07 Å². The van der Waals surface area contributed by atoms with Gasteiger partial charge in [-0.25, -0.2) is 0 Å². The van der Waals surface area contributed by atoms with Crippen molar-refractivity contribution in [1.82, 2.24) is 14.8 Å². The van der Waals surface area contributed by atoms with E-state index in [0.29, 0.717) is 10.9 Å². The van der Waals surface area contributed by atoms with Crippen LogP contribution in [0.25, 0.3) is 10.9 Å². The number of pyridine rings is 1. The Labute approximate surface area is 103 Å². The van der Waals surface area contributed by atoms with Gasteiger partial charge in [-0.15, -0.1) is 0 Å². The Morgan fingerprint density at radius 3 is 3.17 bits per heavy atom. The summed E-state index contributed by atoms with van der Waals surface area (Å²) in [6.07, 6.45) is 4.37. The van der Waals surface area contributed by atoms with Crippen LogP contribution in [0.15, 0.2) is 17.1 Å². The van der Waals surface area contributed by atoms with Gasteiger partial charge in [0, 0.05) is 6.20 Å². The van der Waals surface area contributed by atoms with E-state index in [1.54, 1.807) is 16.9 Å². The minimum atomic E-state index is -0.234. The molecule has 1 aliphatic rings. The number of hydrogen-bond acceptors (Lipinski definition) is 4. The molecule has 0 radical (unpaired) electrons. The second-order valence-electron chi connectivity index (χ2n) is 4.63. The number of aromatic amines is 1. The molecule has 0 unspecified atom stereocenters. The maximum absolute atomic E-state index is 11.7. The van der Waals surface area contributed by atoms with E-state index in [1.807, 2.05) is 0 Å². The molecule has 2 aromatic rings. The van der Waals surface area contributed by atoms with Gasteiger partial charge in [-0.2, -0.15) is 10.4 Å². The Balaban J connectivity index is 2.22. The third kappa shape index (κ3) is 1.40. The van der Waals surface area contributed by atoms with Crippen LogP contribution in [0.1, 0.15) is 25.3 Å². The largest absolute Gasteiger partial charge is 0.382 e. The molecule has 0 aliphatic heterocycles. The van der Waals surface area contributed by atoms with Gasteiger partial charge in [0.2, 0.25) is 0 Å². The summed E-state index contributed by atoms with van der Waals surface area (Å²) in [5.74, 6) is 0.183. The van der Waals surface area contributed by atoms with Crippen molar-refractivity contribution in [2.45, 2.75) is 25.3 Å². The molecule has 0 saturated heterocycles. The Morgan fingerprint density at radius 1 is 1.56 bits per heavy atom. The number of rotatable bonds is 1. The molecule has 18 heavy (non-hydrogen) atoms. The number of nitrogen functional groups attached to an aromatic ring is 1. The van der Waals surface area contributed by atoms with Crippen molar-refractivity contribution in [1.29, 1.82) is 5.26 Å². The summed E-state index contributed by atoms with van der Waals surface area (Å²) in [4.78, 5) is 14.3. The number of nitrogens with two attached hydrogens (primary N) is 1. The molecular weight excluding hydrogens is 230 g/mol. The number of hydrogen-bond donors (Lipinski definition) is 2. The molecule has 3 N–H and O–H groups in total. The van der Waals surface area contributed by atoms with Crippen LogP contribution < -0.4 is 11.3 Å². The van der Waals surface area contributed by atoms with Crippen LogP contribution in [0, 0.1) is 17.2 Å². The van der Waals surface area contributed by atoms with Crippen LogP contribution in [-0.4, -0.2) is 14.8 Å². The first-order valence-corrected chi connectivity index (χ1v) is 5.97. The molecule has 0 amide bonds. The molecule has 1 saturated carbocycles. The van der Waals surface area contributed by atoms with Gasteiger partial charge in [0.05, 0.1) is 23.5 Å². The monoisotopic (exact) mass is 243 g/mol. The van der Waals surface area contributed by atoms with E-state index in [-0.39, 0.29) is 23.3 Å². The van der Waals surface area contributed by atoms with Gasteiger partial charge in [0.15, 0.2) is 5.82 Å². The van der Waals surface area contributed by atoms with Crippen molar-refractivity contribution in [2.75, 3.05) is 5.73 Å². The molecule has 3 rings (SSSR count). The number of nitriles is 1. The summed E-state index contributed by atoms with van der Waals surface area (Å²) in [5, 5.41) is 13.8. The van der Waals surface area contributed by atoms with Crippen molar-refractivity contribution in [2.24, 2.45) is 5.92 Å². The maximum Gasteiger partial charge on any atom is 0.261 e. The van der Waals surface area contributed by atoms with Gasteiger partial charge in [-0.1, -0.05) is 0 Å². The second kappa shape index (κ2) is 3.88. The highest BCUT2D eigenvalue weighted by atomic mass is 16.1. The average molecular weight is 243 g/mol. The summed E-state index contributed by atoms with van der Waals surface area (Å²) < 4.78 is 1.75. The maximum atomic E-state index is 11.7. The fourth-order valence-electron chi connectivity index (χ4n) is 2.76. The molecule has 6 heteroatoms. The number of anilines is 1. The van der Waals surface area contributed by atoms with Crippen LogP contribution in [0.2, 0.25) is 0 Å². The molecule has 0 aromatic carbocycles. The first-order valence-electron chi connectivity index (χ1n) is 5.97. The number of nitrogens with one attached hydrogen (secondary N) is 1. The van der Waals surface area contributed by atoms with E-state index in [2.05, 4.69) is 16.2 Å². The van der Waals surface area contributed by atoms with Crippen LogP contribution in [0.4, 0.5) is 5.82 Å². The number of aromatic nitrogens is 3. The number of H-pyrrole nitrogens is 1. The van der Waals surface area contributed by atoms with Crippen LogP contribution in [0.3, 0.4) is 0 Å². The lowest BCUT2D eigenvalue weighted by atomic mass is 10.1. The van der Waals surface area contributed by atoms with Crippen molar-refractivity contribution < 1.29 is 0 Å².